The van der Waals surface area contributed by atoms with Crippen LogP contribution in [-0.2, 0) is 0 Å². The molecular formula is C10H16. The molecule has 3 unspecified atom stereocenters. The van der Waals surface area contributed by atoms with Crippen molar-refractivity contribution >= 4 is 0 Å². The molecule has 0 bridgehead atoms. The van der Waals surface area contributed by atoms with Crippen LogP contribution >= 0.6 is 0 Å². The molecule has 3 fully saturated rings. The van der Waals surface area contributed by atoms with Crippen LogP contribution < -0.4 is 0 Å². The van der Waals surface area contributed by atoms with Crippen molar-refractivity contribution in [1.29, 1.82) is 0 Å². The van der Waals surface area contributed by atoms with Crippen molar-refractivity contribution in [2.45, 2.75) is 44.9 Å². The Hall–Kier alpha value is 0. The minimum absolute atomic E-state index is 0.957. The van der Waals surface area contributed by atoms with Crippen LogP contribution in [0.3, 0.4) is 0 Å². The van der Waals surface area contributed by atoms with Crippen molar-refractivity contribution in [3.05, 3.63) is 0 Å². The predicted molar refractivity (Wildman–Crippen MR) is 41.7 cm³/mol. The summed E-state index contributed by atoms with van der Waals surface area (Å²) in [6, 6.07) is 0. The molecular weight excluding hydrogens is 120 g/mol. The molecule has 0 aromatic carbocycles. The highest BCUT2D eigenvalue weighted by Gasteiger charge is 2.61. The fourth-order valence-corrected chi connectivity index (χ4v) is 3.81. The molecule has 3 saturated carbocycles. The lowest BCUT2D eigenvalue weighted by atomic mass is 9.81. The highest BCUT2D eigenvalue weighted by molar-refractivity contribution is 5.10. The summed E-state index contributed by atoms with van der Waals surface area (Å²) >= 11 is 0. The van der Waals surface area contributed by atoms with Crippen molar-refractivity contribution in [2.24, 2.45) is 17.3 Å². The van der Waals surface area contributed by atoms with Crippen molar-refractivity contribution in [3.8, 4) is 0 Å². The van der Waals surface area contributed by atoms with Gasteiger partial charge in [0.15, 0.2) is 0 Å². The predicted octanol–water partition coefficient (Wildman–Crippen LogP) is 2.98. The van der Waals surface area contributed by atoms with Crippen LogP contribution in [-0.4, -0.2) is 0 Å². The van der Waals surface area contributed by atoms with E-state index in [0.29, 0.717) is 0 Å². The molecule has 0 heterocycles. The fraction of sp³-hybridized carbons (Fsp3) is 1.00. The van der Waals surface area contributed by atoms with E-state index in [4.69, 9.17) is 0 Å². The summed E-state index contributed by atoms with van der Waals surface area (Å²) < 4.78 is 0. The van der Waals surface area contributed by atoms with Crippen LogP contribution in [0.5, 0.6) is 0 Å². The van der Waals surface area contributed by atoms with E-state index in [-0.39, 0.29) is 0 Å². The first-order valence-electron chi connectivity index (χ1n) is 4.92. The lowest BCUT2D eigenvalue weighted by Gasteiger charge is -2.24. The Labute approximate surface area is 63.0 Å². The Morgan fingerprint density at radius 1 is 0.900 bits per heavy atom. The third-order valence-corrected chi connectivity index (χ3v) is 4.39. The SMILES string of the molecule is C1CC2CCCC23CC3C1. The molecule has 0 aromatic rings. The van der Waals surface area contributed by atoms with Gasteiger partial charge in [0.2, 0.25) is 0 Å². The molecule has 0 saturated heterocycles. The van der Waals surface area contributed by atoms with Gasteiger partial charge in [-0.15, -0.1) is 0 Å². The van der Waals surface area contributed by atoms with Crippen molar-refractivity contribution in [2.75, 3.05) is 0 Å². The zero-order valence-corrected chi connectivity index (χ0v) is 6.60. The lowest BCUT2D eigenvalue weighted by molar-refractivity contribution is 0.256. The van der Waals surface area contributed by atoms with Gasteiger partial charge in [-0.2, -0.15) is 0 Å². The van der Waals surface area contributed by atoms with Gasteiger partial charge in [-0.1, -0.05) is 12.8 Å². The number of hydrogen-bond acceptors (Lipinski definition) is 0. The average molecular weight is 136 g/mol. The van der Waals surface area contributed by atoms with Gasteiger partial charge in [0.25, 0.3) is 0 Å². The van der Waals surface area contributed by atoms with Gasteiger partial charge >= 0.3 is 0 Å². The zero-order chi connectivity index (χ0) is 6.60. The van der Waals surface area contributed by atoms with Crippen LogP contribution in [0.2, 0.25) is 0 Å². The van der Waals surface area contributed by atoms with Crippen LogP contribution in [0, 0.1) is 17.3 Å². The maximum absolute atomic E-state index is 1.62. The molecule has 0 nitrogen and oxygen atoms in total. The molecule has 0 heteroatoms. The number of hydrogen-bond donors (Lipinski definition) is 0. The fourth-order valence-electron chi connectivity index (χ4n) is 3.81. The second kappa shape index (κ2) is 1.60. The third-order valence-electron chi connectivity index (χ3n) is 4.39. The Morgan fingerprint density at radius 3 is 2.60 bits per heavy atom. The van der Waals surface area contributed by atoms with E-state index in [2.05, 4.69) is 0 Å². The third kappa shape index (κ3) is 0.500. The highest BCUT2D eigenvalue weighted by atomic mass is 14.7. The quantitative estimate of drug-likeness (QED) is 0.480. The summed E-state index contributed by atoms with van der Waals surface area (Å²) in [6.45, 7) is 0. The maximum Gasteiger partial charge on any atom is -0.0238 e. The summed E-state index contributed by atoms with van der Waals surface area (Å²) in [5.74, 6) is 2.39. The smallest absolute Gasteiger partial charge is 0.0238 e. The van der Waals surface area contributed by atoms with Crippen LogP contribution in [0.25, 0.3) is 0 Å². The monoisotopic (exact) mass is 136 g/mol. The highest BCUT2D eigenvalue weighted by Crippen LogP contribution is 2.70. The molecule has 1 spiro atoms. The van der Waals surface area contributed by atoms with E-state index < -0.39 is 0 Å². The molecule has 3 aliphatic carbocycles. The molecule has 3 rings (SSSR count). The second-order valence-electron chi connectivity index (χ2n) is 4.65. The second-order valence-corrected chi connectivity index (χ2v) is 4.65. The Balaban J connectivity index is 1.91. The van der Waals surface area contributed by atoms with E-state index in [9.17, 15) is 0 Å². The first kappa shape index (κ1) is 5.62. The molecule has 3 atom stereocenters. The van der Waals surface area contributed by atoms with Crippen LogP contribution in [0.4, 0.5) is 0 Å². The maximum atomic E-state index is 1.62. The lowest BCUT2D eigenvalue weighted by Crippen LogP contribution is -2.15. The molecule has 0 amide bonds. The molecule has 56 valence electrons. The van der Waals surface area contributed by atoms with Crippen LogP contribution in [0.1, 0.15) is 44.9 Å². The molecule has 0 aromatic heterocycles. The summed E-state index contributed by atoms with van der Waals surface area (Å²) in [7, 11) is 0. The average Bonchev–Trinajstić information content (AvgIpc) is 2.51. The Bertz CT molecular complexity index is 161. The molecule has 0 N–H and O–H groups in total. The van der Waals surface area contributed by atoms with E-state index in [0.717, 1.165) is 5.41 Å². The van der Waals surface area contributed by atoms with Gasteiger partial charge < -0.3 is 0 Å². The van der Waals surface area contributed by atoms with Gasteiger partial charge in [-0.25, -0.2) is 0 Å². The Morgan fingerprint density at radius 2 is 1.70 bits per heavy atom. The minimum Gasteiger partial charge on any atom is -0.0527 e. The van der Waals surface area contributed by atoms with Gasteiger partial charge in [0.05, 0.1) is 0 Å². The zero-order valence-electron chi connectivity index (χ0n) is 6.60. The van der Waals surface area contributed by atoms with E-state index >= 15 is 0 Å². The normalized spacial score (nSPS) is 57.6. The van der Waals surface area contributed by atoms with Gasteiger partial charge in [-0.05, 0) is 49.4 Å². The van der Waals surface area contributed by atoms with Crippen molar-refractivity contribution in [3.63, 3.8) is 0 Å². The summed E-state index contributed by atoms with van der Waals surface area (Å²) in [6.07, 6.45) is 11.1. The van der Waals surface area contributed by atoms with Crippen LogP contribution in [0.15, 0.2) is 0 Å². The van der Waals surface area contributed by atoms with Gasteiger partial charge in [0, 0.05) is 0 Å². The molecule has 10 heavy (non-hydrogen) atoms. The first-order valence-corrected chi connectivity index (χ1v) is 4.92. The number of rotatable bonds is 0. The van der Waals surface area contributed by atoms with E-state index in [1.807, 2.05) is 0 Å². The molecule has 3 aliphatic rings. The van der Waals surface area contributed by atoms with Gasteiger partial charge in [0.1, 0.15) is 0 Å². The van der Waals surface area contributed by atoms with Crippen molar-refractivity contribution < 1.29 is 0 Å². The molecule has 0 radical (unpaired) electrons. The largest absolute Gasteiger partial charge is 0.0527 e. The summed E-state index contributed by atoms with van der Waals surface area (Å²) in [5.41, 5.74) is 0.957. The minimum atomic E-state index is 0.957. The Kier molecular flexibility index (Phi) is 0.898. The van der Waals surface area contributed by atoms with Gasteiger partial charge in [-0.3, -0.25) is 0 Å². The van der Waals surface area contributed by atoms with E-state index in [1.165, 1.54) is 11.8 Å². The summed E-state index contributed by atoms with van der Waals surface area (Å²) in [5, 5.41) is 0. The van der Waals surface area contributed by atoms with Crippen molar-refractivity contribution in [1.82, 2.24) is 0 Å². The standard InChI is InChI=1S/C10H16/c1-3-8-5-2-6-10(8)7-9(10)4-1/h8-9H,1-7H2. The molecule has 0 aliphatic heterocycles. The topological polar surface area (TPSA) is 0 Å². The van der Waals surface area contributed by atoms with E-state index in [1.54, 1.807) is 44.9 Å². The first-order chi connectivity index (χ1) is 4.92. The summed E-state index contributed by atoms with van der Waals surface area (Å²) in [4.78, 5) is 0.